The molecule has 3 rings (SSSR count). The van der Waals surface area contributed by atoms with Crippen molar-refractivity contribution in [2.24, 2.45) is 0 Å². The molecule has 10 heteroatoms. The van der Waals surface area contributed by atoms with Gasteiger partial charge in [-0.2, -0.15) is 0 Å². The van der Waals surface area contributed by atoms with Gasteiger partial charge >= 0.3 is 6.01 Å². The summed E-state index contributed by atoms with van der Waals surface area (Å²) in [4.78, 5) is 6.44. The molecular formula is C16H16F3N3O3S. The van der Waals surface area contributed by atoms with Crippen LogP contribution in [0.2, 0.25) is 0 Å². The van der Waals surface area contributed by atoms with Crippen LogP contribution < -0.4 is 9.46 Å². The maximum absolute atomic E-state index is 13.7. The minimum absolute atomic E-state index is 0.0452. The fourth-order valence-corrected chi connectivity index (χ4v) is 4.27. The predicted molar refractivity (Wildman–Crippen MR) is 85.3 cm³/mol. The molecule has 0 bridgehead atoms. The molecule has 6 nitrogen and oxygen atoms in total. The summed E-state index contributed by atoms with van der Waals surface area (Å²) in [6, 6.07) is 2.47. The zero-order chi connectivity index (χ0) is 18.7. The van der Waals surface area contributed by atoms with Crippen LogP contribution in [0.25, 0.3) is 0 Å². The van der Waals surface area contributed by atoms with E-state index in [0.29, 0.717) is 25.7 Å². The van der Waals surface area contributed by atoms with Gasteiger partial charge in [-0.1, -0.05) is 6.07 Å². The number of halogens is 3. The quantitative estimate of drug-likeness (QED) is 0.853. The highest BCUT2D eigenvalue weighted by Gasteiger charge is 2.30. The van der Waals surface area contributed by atoms with Gasteiger partial charge < -0.3 is 4.74 Å². The molecular weight excluding hydrogens is 371 g/mol. The molecule has 140 valence electrons. The number of nitrogens with zero attached hydrogens (tertiary/aromatic N) is 2. The molecule has 0 aliphatic heterocycles. The number of nitrogens with one attached hydrogen (secondary N) is 1. The maximum atomic E-state index is 13.7. The first-order chi connectivity index (χ1) is 12.3. The van der Waals surface area contributed by atoms with Crippen molar-refractivity contribution in [1.29, 1.82) is 0 Å². The van der Waals surface area contributed by atoms with E-state index in [0.717, 1.165) is 30.6 Å². The highest BCUT2D eigenvalue weighted by molar-refractivity contribution is 7.89. The van der Waals surface area contributed by atoms with Crippen molar-refractivity contribution >= 4 is 10.0 Å². The van der Waals surface area contributed by atoms with Crippen molar-refractivity contribution < 1.29 is 26.3 Å². The molecule has 0 amide bonds. The maximum Gasteiger partial charge on any atom is 0.316 e. The van der Waals surface area contributed by atoms with Crippen LogP contribution in [0.3, 0.4) is 0 Å². The SMILES string of the molecule is O=S(=O)(NC1CCC(Oc2ncc(F)cn2)CC1)c1c(F)cccc1F. The average molecular weight is 387 g/mol. The lowest BCUT2D eigenvalue weighted by Crippen LogP contribution is -2.40. The van der Waals surface area contributed by atoms with Crippen molar-refractivity contribution in [1.82, 2.24) is 14.7 Å². The second kappa shape index (κ2) is 7.58. The fraction of sp³-hybridized carbons (Fsp3) is 0.375. The number of sulfonamides is 1. The Labute approximate surface area is 148 Å². The Balaban J connectivity index is 1.59. The van der Waals surface area contributed by atoms with Gasteiger partial charge in [0.1, 0.15) is 17.7 Å². The van der Waals surface area contributed by atoms with Gasteiger partial charge in [-0.05, 0) is 37.8 Å². The van der Waals surface area contributed by atoms with E-state index in [1.54, 1.807) is 0 Å². The van der Waals surface area contributed by atoms with Gasteiger partial charge in [0.2, 0.25) is 10.0 Å². The van der Waals surface area contributed by atoms with Crippen molar-refractivity contribution in [2.45, 2.75) is 42.7 Å². The fourth-order valence-electron chi connectivity index (χ4n) is 2.83. The highest BCUT2D eigenvalue weighted by atomic mass is 32.2. The third kappa shape index (κ3) is 4.31. The van der Waals surface area contributed by atoms with Gasteiger partial charge in [0.05, 0.1) is 12.4 Å². The van der Waals surface area contributed by atoms with Crippen LogP contribution >= 0.6 is 0 Å². The minimum Gasteiger partial charge on any atom is -0.460 e. The van der Waals surface area contributed by atoms with E-state index >= 15 is 0 Å². The zero-order valence-electron chi connectivity index (χ0n) is 13.5. The van der Waals surface area contributed by atoms with Crippen LogP contribution in [0.15, 0.2) is 35.5 Å². The topological polar surface area (TPSA) is 81.2 Å². The van der Waals surface area contributed by atoms with E-state index in [4.69, 9.17) is 4.74 Å². The second-order valence-electron chi connectivity index (χ2n) is 5.95. The summed E-state index contributed by atoms with van der Waals surface area (Å²) >= 11 is 0. The Morgan fingerprint density at radius 1 is 1.00 bits per heavy atom. The standard InChI is InChI=1S/C16H16F3N3O3S/c17-10-8-20-16(21-9-10)25-12-6-4-11(5-7-12)22-26(23,24)15-13(18)2-1-3-14(15)19/h1-3,8-9,11-12,22H,4-7H2. The molecule has 1 fully saturated rings. The Morgan fingerprint density at radius 2 is 1.58 bits per heavy atom. The molecule has 1 aromatic carbocycles. The molecule has 1 aromatic heterocycles. The van der Waals surface area contributed by atoms with Gasteiger partial charge in [0.25, 0.3) is 0 Å². The lowest BCUT2D eigenvalue weighted by molar-refractivity contribution is 0.131. The number of rotatable bonds is 5. The minimum atomic E-state index is -4.31. The zero-order valence-corrected chi connectivity index (χ0v) is 14.3. The van der Waals surface area contributed by atoms with Gasteiger partial charge in [-0.25, -0.2) is 36.3 Å². The van der Waals surface area contributed by atoms with Crippen LogP contribution in [0.1, 0.15) is 25.7 Å². The normalized spacial score (nSPS) is 20.7. The number of hydrogen-bond acceptors (Lipinski definition) is 5. The molecule has 0 unspecified atom stereocenters. The number of ether oxygens (including phenoxy) is 1. The molecule has 26 heavy (non-hydrogen) atoms. The largest absolute Gasteiger partial charge is 0.460 e. The molecule has 1 heterocycles. The van der Waals surface area contributed by atoms with Crippen molar-refractivity contribution in [2.75, 3.05) is 0 Å². The molecule has 1 aliphatic carbocycles. The molecule has 0 atom stereocenters. The lowest BCUT2D eigenvalue weighted by Gasteiger charge is -2.28. The number of hydrogen-bond donors (Lipinski definition) is 1. The average Bonchev–Trinajstić information content (AvgIpc) is 2.58. The lowest BCUT2D eigenvalue weighted by atomic mass is 9.94. The summed E-state index contributed by atoms with van der Waals surface area (Å²) < 4.78 is 72.6. The molecule has 0 radical (unpaired) electrons. The third-order valence-corrected chi connectivity index (χ3v) is 5.62. The Kier molecular flexibility index (Phi) is 5.42. The molecule has 2 aromatic rings. The molecule has 1 saturated carbocycles. The van der Waals surface area contributed by atoms with Crippen LogP contribution in [0.5, 0.6) is 6.01 Å². The molecule has 0 spiro atoms. The van der Waals surface area contributed by atoms with Gasteiger partial charge in [-0.3, -0.25) is 0 Å². The summed E-state index contributed by atoms with van der Waals surface area (Å²) in [5, 5.41) is 0. The Bertz CT molecular complexity index is 850. The summed E-state index contributed by atoms with van der Waals surface area (Å²) in [5.74, 6) is -2.85. The van der Waals surface area contributed by atoms with Crippen LogP contribution in [-0.4, -0.2) is 30.5 Å². The third-order valence-electron chi connectivity index (χ3n) is 4.05. The van der Waals surface area contributed by atoms with Crippen molar-refractivity contribution in [3.8, 4) is 6.01 Å². The monoisotopic (exact) mass is 387 g/mol. The molecule has 0 saturated heterocycles. The van der Waals surface area contributed by atoms with Gasteiger partial charge in [-0.15, -0.1) is 0 Å². The van der Waals surface area contributed by atoms with Gasteiger partial charge in [0, 0.05) is 6.04 Å². The van der Waals surface area contributed by atoms with E-state index in [2.05, 4.69) is 14.7 Å². The van der Waals surface area contributed by atoms with E-state index in [1.165, 1.54) is 0 Å². The first-order valence-corrected chi connectivity index (χ1v) is 9.44. The summed E-state index contributed by atoms with van der Waals surface area (Å²) in [5.41, 5.74) is 0. The summed E-state index contributed by atoms with van der Waals surface area (Å²) in [7, 11) is -4.31. The van der Waals surface area contributed by atoms with Crippen molar-refractivity contribution in [3.63, 3.8) is 0 Å². The van der Waals surface area contributed by atoms with E-state index in [1.807, 2.05) is 0 Å². The predicted octanol–water partition coefficient (Wildman–Crippen LogP) is 2.56. The Morgan fingerprint density at radius 3 is 2.15 bits per heavy atom. The van der Waals surface area contributed by atoms with Crippen LogP contribution in [0.4, 0.5) is 13.2 Å². The van der Waals surface area contributed by atoms with Crippen LogP contribution in [0, 0.1) is 17.5 Å². The van der Waals surface area contributed by atoms with E-state index in [-0.39, 0.29) is 12.1 Å². The first kappa shape index (κ1) is 18.6. The highest BCUT2D eigenvalue weighted by Crippen LogP contribution is 2.25. The summed E-state index contributed by atoms with van der Waals surface area (Å²) in [6.07, 6.45) is 3.56. The number of benzene rings is 1. The van der Waals surface area contributed by atoms with E-state index < -0.39 is 38.4 Å². The second-order valence-corrected chi connectivity index (χ2v) is 7.60. The van der Waals surface area contributed by atoms with E-state index in [9.17, 15) is 21.6 Å². The molecule has 1 aliphatic rings. The van der Waals surface area contributed by atoms with Gasteiger partial charge in [0.15, 0.2) is 10.7 Å². The molecule has 1 N–H and O–H groups in total. The Hall–Kier alpha value is -2.20. The summed E-state index contributed by atoms with van der Waals surface area (Å²) in [6.45, 7) is 0. The smallest absolute Gasteiger partial charge is 0.316 e. The van der Waals surface area contributed by atoms with Crippen LogP contribution in [-0.2, 0) is 10.0 Å². The number of aromatic nitrogens is 2. The first-order valence-electron chi connectivity index (χ1n) is 7.96. The van der Waals surface area contributed by atoms with Crippen molar-refractivity contribution in [3.05, 3.63) is 48.0 Å².